The van der Waals surface area contributed by atoms with Crippen molar-refractivity contribution in [1.82, 2.24) is 19.4 Å². The monoisotopic (exact) mass is 294 g/mol. The molecule has 1 saturated heterocycles. The van der Waals surface area contributed by atoms with Crippen LogP contribution in [0.3, 0.4) is 0 Å². The third-order valence-corrected chi connectivity index (χ3v) is 4.31. The second-order valence-corrected chi connectivity index (χ2v) is 6.11. The van der Waals surface area contributed by atoms with Gasteiger partial charge in [-0.3, -0.25) is 9.36 Å². The van der Waals surface area contributed by atoms with E-state index >= 15 is 0 Å². The van der Waals surface area contributed by atoms with Gasteiger partial charge >= 0.3 is 5.69 Å². The van der Waals surface area contributed by atoms with Crippen molar-refractivity contribution >= 4 is 0 Å². The summed E-state index contributed by atoms with van der Waals surface area (Å²) in [5, 5.41) is 3.30. The van der Waals surface area contributed by atoms with E-state index in [0.717, 1.165) is 23.6 Å². The van der Waals surface area contributed by atoms with E-state index in [1.54, 1.807) is 13.2 Å². The number of hydrogen-bond donors (Lipinski definition) is 1. The number of nitrogens with zero attached hydrogens (tertiary/aromatic N) is 3. The topological polar surface area (TPSA) is 59.3 Å². The van der Waals surface area contributed by atoms with Gasteiger partial charge in [0.15, 0.2) is 0 Å². The zero-order chi connectivity index (χ0) is 15.4. The van der Waals surface area contributed by atoms with Crippen molar-refractivity contribution in [2.45, 2.75) is 26.3 Å². The summed E-state index contributed by atoms with van der Waals surface area (Å²) in [4.78, 5) is 26.0. The standard InChI is InChI=1S/C15H26N4O2/c1-12-4-7-19(8-5-12)9-6-16-10-13-11-17(2)15(21)18(3)14(13)20/h11-12,16H,4-10H2,1-3H3. The first kappa shape index (κ1) is 16.0. The molecule has 0 radical (unpaired) electrons. The normalized spacial score (nSPS) is 17.3. The molecule has 0 unspecified atom stereocenters. The molecule has 118 valence electrons. The van der Waals surface area contributed by atoms with E-state index in [1.165, 1.54) is 37.5 Å². The maximum Gasteiger partial charge on any atom is 0.330 e. The summed E-state index contributed by atoms with van der Waals surface area (Å²) >= 11 is 0. The predicted octanol–water partition coefficient (Wildman–Crippen LogP) is -0.0945. The Bertz CT molecular complexity index is 582. The number of aryl methyl sites for hydroxylation is 1. The molecule has 0 atom stereocenters. The SMILES string of the molecule is CC1CCN(CCNCc2cn(C)c(=O)n(C)c2=O)CC1. The molecule has 1 aromatic heterocycles. The summed E-state index contributed by atoms with van der Waals surface area (Å²) in [6.07, 6.45) is 4.18. The maximum atomic E-state index is 12.0. The molecule has 6 nitrogen and oxygen atoms in total. The Balaban J connectivity index is 1.82. The van der Waals surface area contributed by atoms with Crippen LogP contribution in [0.15, 0.2) is 15.8 Å². The lowest BCUT2D eigenvalue weighted by molar-refractivity contribution is 0.193. The molecule has 0 aromatic carbocycles. The molecule has 2 rings (SSSR count). The Morgan fingerprint density at radius 2 is 1.90 bits per heavy atom. The van der Waals surface area contributed by atoms with Gasteiger partial charge in [-0.2, -0.15) is 0 Å². The minimum atomic E-state index is -0.286. The van der Waals surface area contributed by atoms with Crippen LogP contribution in [0.4, 0.5) is 0 Å². The van der Waals surface area contributed by atoms with Crippen molar-refractivity contribution in [2.24, 2.45) is 20.0 Å². The van der Waals surface area contributed by atoms with Crippen LogP contribution in [0.2, 0.25) is 0 Å². The quantitative estimate of drug-likeness (QED) is 0.771. The summed E-state index contributed by atoms with van der Waals surface area (Å²) in [6.45, 7) is 7.03. The Kier molecular flexibility index (Phi) is 5.36. The molecule has 1 aliphatic rings. The van der Waals surface area contributed by atoms with Crippen molar-refractivity contribution in [1.29, 1.82) is 0 Å². The van der Waals surface area contributed by atoms with Gasteiger partial charge in [-0.05, 0) is 31.8 Å². The Hall–Kier alpha value is -1.40. The van der Waals surface area contributed by atoms with Crippen molar-refractivity contribution in [3.05, 3.63) is 32.6 Å². The van der Waals surface area contributed by atoms with E-state index in [9.17, 15) is 9.59 Å². The molecule has 0 bridgehead atoms. The van der Waals surface area contributed by atoms with Crippen LogP contribution in [-0.2, 0) is 20.6 Å². The first-order valence-corrected chi connectivity index (χ1v) is 7.67. The van der Waals surface area contributed by atoms with Gasteiger partial charge < -0.3 is 14.8 Å². The predicted molar refractivity (Wildman–Crippen MR) is 83.5 cm³/mol. The number of likely N-dealkylation sites (tertiary alicyclic amines) is 1. The van der Waals surface area contributed by atoms with Crippen LogP contribution in [0.1, 0.15) is 25.3 Å². The molecule has 0 amide bonds. The summed E-state index contributed by atoms with van der Waals surface area (Å²) < 4.78 is 2.60. The zero-order valence-corrected chi connectivity index (χ0v) is 13.3. The van der Waals surface area contributed by atoms with Gasteiger partial charge in [0.25, 0.3) is 5.56 Å². The smallest absolute Gasteiger partial charge is 0.311 e. The van der Waals surface area contributed by atoms with E-state index in [4.69, 9.17) is 0 Å². The van der Waals surface area contributed by atoms with E-state index in [-0.39, 0.29) is 11.2 Å². The second kappa shape index (κ2) is 7.04. The van der Waals surface area contributed by atoms with Gasteiger partial charge in [0.05, 0.1) is 0 Å². The molecule has 1 aromatic rings. The average Bonchev–Trinajstić information content (AvgIpc) is 2.48. The Labute approximate surface area is 125 Å². The molecule has 1 aliphatic heterocycles. The number of aromatic nitrogens is 2. The first-order chi connectivity index (χ1) is 9.99. The summed E-state index contributed by atoms with van der Waals surface area (Å²) in [7, 11) is 3.18. The van der Waals surface area contributed by atoms with Gasteiger partial charge in [0.2, 0.25) is 0 Å². The van der Waals surface area contributed by atoms with E-state index in [0.29, 0.717) is 12.1 Å². The molecule has 21 heavy (non-hydrogen) atoms. The lowest BCUT2D eigenvalue weighted by atomic mass is 9.99. The maximum absolute atomic E-state index is 12.0. The lowest BCUT2D eigenvalue weighted by Gasteiger charge is -2.30. The van der Waals surface area contributed by atoms with E-state index in [1.807, 2.05) is 0 Å². The molecule has 1 fully saturated rings. The first-order valence-electron chi connectivity index (χ1n) is 7.67. The number of piperidine rings is 1. The summed E-state index contributed by atoms with van der Waals surface area (Å²) in [6, 6.07) is 0. The van der Waals surface area contributed by atoms with Crippen molar-refractivity contribution < 1.29 is 0 Å². The highest BCUT2D eigenvalue weighted by Crippen LogP contribution is 2.14. The van der Waals surface area contributed by atoms with Crippen LogP contribution in [0.5, 0.6) is 0 Å². The van der Waals surface area contributed by atoms with Gasteiger partial charge in [0, 0.05) is 45.5 Å². The van der Waals surface area contributed by atoms with E-state index in [2.05, 4.69) is 17.1 Å². The number of nitrogens with one attached hydrogen (secondary N) is 1. The highest BCUT2D eigenvalue weighted by molar-refractivity contribution is 5.05. The largest absolute Gasteiger partial charge is 0.330 e. The van der Waals surface area contributed by atoms with Gasteiger partial charge in [-0.1, -0.05) is 6.92 Å². The third-order valence-electron chi connectivity index (χ3n) is 4.31. The molecule has 0 spiro atoms. The Morgan fingerprint density at radius 3 is 2.57 bits per heavy atom. The second-order valence-electron chi connectivity index (χ2n) is 6.11. The fourth-order valence-corrected chi connectivity index (χ4v) is 2.75. The fourth-order valence-electron chi connectivity index (χ4n) is 2.75. The average molecular weight is 294 g/mol. The highest BCUT2D eigenvalue weighted by Gasteiger charge is 2.14. The summed E-state index contributed by atoms with van der Waals surface area (Å²) in [5.74, 6) is 0.850. The van der Waals surface area contributed by atoms with Crippen LogP contribution >= 0.6 is 0 Å². The van der Waals surface area contributed by atoms with Crippen molar-refractivity contribution in [3.8, 4) is 0 Å². The molecule has 0 saturated carbocycles. The number of rotatable bonds is 5. The van der Waals surface area contributed by atoms with Crippen LogP contribution < -0.4 is 16.6 Å². The van der Waals surface area contributed by atoms with Gasteiger partial charge in [0.1, 0.15) is 0 Å². The Morgan fingerprint density at radius 1 is 1.24 bits per heavy atom. The molecular formula is C15H26N4O2. The fraction of sp³-hybridized carbons (Fsp3) is 0.733. The lowest BCUT2D eigenvalue weighted by Crippen LogP contribution is -2.41. The van der Waals surface area contributed by atoms with Crippen LogP contribution in [0, 0.1) is 5.92 Å². The molecule has 2 heterocycles. The minimum Gasteiger partial charge on any atom is -0.311 e. The van der Waals surface area contributed by atoms with Gasteiger partial charge in [-0.15, -0.1) is 0 Å². The zero-order valence-electron chi connectivity index (χ0n) is 13.3. The molecule has 6 heteroatoms. The summed E-state index contributed by atoms with van der Waals surface area (Å²) in [5.41, 5.74) is 0.135. The third kappa shape index (κ3) is 4.04. The van der Waals surface area contributed by atoms with Crippen molar-refractivity contribution in [2.75, 3.05) is 26.2 Å². The number of hydrogen-bond acceptors (Lipinski definition) is 4. The van der Waals surface area contributed by atoms with Crippen LogP contribution in [-0.4, -0.2) is 40.2 Å². The molecular weight excluding hydrogens is 268 g/mol. The van der Waals surface area contributed by atoms with Crippen LogP contribution in [0.25, 0.3) is 0 Å². The highest BCUT2D eigenvalue weighted by atomic mass is 16.2. The molecule has 1 N–H and O–H groups in total. The van der Waals surface area contributed by atoms with E-state index < -0.39 is 0 Å². The van der Waals surface area contributed by atoms with Crippen molar-refractivity contribution in [3.63, 3.8) is 0 Å². The van der Waals surface area contributed by atoms with Gasteiger partial charge in [-0.25, -0.2) is 4.79 Å². The minimum absolute atomic E-state index is 0.211. The molecule has 0 aliphatic carbocycles.